The van der Waals surface area contributed by atoms with Crippen molar-refractivity contribution in [1.82, 2.24) is 0 Å². The Morgan fingerprint density at radius 3 is 1.77 bits per heavy atom. The molecule has 0 aromatic heterocycles. The number of rotatable bonds is 0. The maximum atomic E-state index is 11.8. The molecule has 2 aliphatic rings. The van der Waals surface area contributed by atoms with Crippen LogP contribution < -0.4 is 0 Å². The summed E-state index contributed by atoms with van der Waals surface area (Å²) < 4.78 is 5.82. The molecular weight excluding hydrogens is 164 g/mol. The van der Waals surface area contributed by atoms with Crippen LogP contribution in [-0.2, 0) is 9.53 Å². The zero-order valence-corrected chi connectivity index (χ0v) is 8.63. The third kappa shape index (κ3) is 1.01. The fraction of sp³-hybridized carbons (Fsp3) is 0.727. The van der Waals surface area contributed by atoms with E-state index in [0.29, 0.717) is 5.78 Å². The minimum Gasteiger partial charge on any atom is -0.365 e. The van der Waals surface area contributed by atoms with Crippen molar-refractivity contribution in [2.45, 2.75) is 39.9 Å². The molecule has 2 nitrogen and oxygen atoms in total. The maximum absolute atomic E-state index is 11.8. The number of ketones is 1. The van der Waals surface area contributed by atoms with Crippen molar-refractivity contribution in [1.29, 1.82) is 0 Å². The number of ether oxygens (including phenoxy) is 1. The molecule has 2 aliphatic heterocycles. The van der Waals surface area contributed by atoms with E-state index in [1.807, 2.05) is 13.8 Å². The zero-order chi connectivity index (χ0) is 9.75. The summed E-state index contributed by atoms with van der Waals surface area (Å²) in [6.45, 7) is 8.12. The highest BCUT2D eigenvalue weighted by Gasteiger charge is 2.46. The van der Waals surface area contributed by atoms with Gasteiger partial charge < -0.3 is 4.74 Å². The molecule has 13 heavy (non-hydrogen) atoms. The lowest BCUT2D eigenvalue weighted by atomic mass is 9.87. The minimum atomic E-state index is 0.0451. The molecule has 1 saturated heterocycles. The summed E-state index contributed by atoms with van der Waals surface area (Å²) in [6, 6.07) is 0. The van der Waals surface area contributed by atoms with Crippen molar-refractivity contribution in [3.63, 3.8) is 0 Å². The van der Waals surface area contributed by atoms with Crippen molar-refractivity contribution in [2.24, 2.45) is 11.8 Å². The normalized spacial score (nSPS) is 44.5. The van der Waals surface area contributed by atoms with Crippen LogP contribution in [0.5, 0.6) is 0 Å². The molecule has 2 rings (SSSR count). The Hall–Kier alpha value is -0.630. The number of carbonyl (C=O) groups excluding carboxylic acids is 1. The Morgan fingerprint density at radius 1 is 1.00 bits per heavy atom. The van der Waals surface area contributed by atoms with E-state index in [-0.39, 0.29) is 24.0 Å². The van der Waals surface area contributed by atoms with E-state index in [2.05, 4.69) is 13.8 Å². The van der Waals surface area contributed by atoms with Gasteiger partial charge in [0.2, 0.25) is 0 Å². The lowest BCUT2D eigenvalue weighted by molar-refractivity contribution is -0.143. The van der Waals surface area contributed by atoms with Gasteiger partial charge in [0, 0.05) is 11.8 Å². The second kappa shape index (κ2) is 2.68. The minimum absolute atomic E-state index is 0.0451. The highest BCUT2D eigenvalue weighted by molar-refractivity contribution is 5.86. The molecule has 2 heterocycles. The second-order valence-corrected chi connectivity index (χ2v) is 4.32. The van der Waals surface area contributed by atoms with Gasteiger partial charge in [0.15, 0.2) is 0 Å². The molecule has 2 heteroatoms. The molecule has 0 radical (unpaired) electrons. The van der Waals surface area contributed by atoms with Crippen molar-refractivity contribution in [2.75, 3.05) is 0 Å². The van der Waals surface area contributed by atoms with Gasteiger partial charge in [-0.3, -0.25) is 4.79 Å². The predicted molar refractivity (Wildman–Crippen MR) is 50.4 cm³/mol. The highest BCUT2D eigenvalue weighted by Crippen LogP contribution is 2.40. The first kappa shape index (κ1) is 8.95. The standard InChI is InChI=1S/C11H16O2/c1-5-6(2)11-8(4)9(12)7(3)10(5)13-11/h7-8,10-11H,1-4H3. The molecule has 0 spiro atoms. The van der Waals surface area contributed by atoms with Crippen LogP contribution in [0.1, 0.15) is 27.7 Å². The average molecular weight is 180 g/mol. The van der Waals surface area contributed by atoms with E-state index in [4.69, 9.17) is 4.74 Å². The molecule has 0 aromatic carbocycles. The first-order chi connectivity index (χ1) is 6.04. The molecule has 0 amide bonds. The van der Waals surface area contributed by atoms with Gasteiger partial charge in [0.1, 0.15) is 5.78 Å². The average Bonchev–Trinajstić information content (AvgIpc) is 2.38. The molecule has 4 atom stereocenters. The maximum Gasteiger partial charge on any atom is 0.144 e. The Balaban J connectivity index is 2.41. The molecule has 0 saturated carbocycles. The largest absolute Gasteiger partial charge is 0.365 e. The van der Waals surface area contributed by atoms with E-state index >= 15 is 0 Å². The molecule has 0 aromatic rings. The molecule has 0 N–H and O–H groups in total. The third-order valence-electron chi connectivity index (χ3n) is 3.57. The summed E-state index contributed by atoms with van der Waals surface area (Å²) in [5, 5.41) is 0. The van der Waals surface area contributed by atoms with Gasteiger partial charge in [-0.1, -0.05) is 13.8 Å². The number of hydrogen-bond acceptors (Lipinski definition) is 2. The van der Waals surface area contributed by atoms with Crippen LogP contribution in [0.15, 0.2) is 11.1 Å². The number of Topliss-reactive ketones (excluding diaryl/α,β-unsaturated/α-hetero) is 1. The quantitative estimate of drug-likeness (QED) is 0.532. The Kier molecular flexibility index (Phi) is 1.84. The third-order valence-corrected chi connectivity index (χ3v) is 3.57. The van der Waals surface area contributed by atoms with E-state index in [0.717, 1.165) is 0 Å². The van der Waals surface area contributed by atoms with Crippen LogP contribution in [0.4, 0.5) is 0 Å². The van der Waals surface area contributed by atoms with Gasteiger partial charge in [-0.05, 0) is 25.0 Å². The fourth-order valence-electron chi connectivity index (χ4n) is 2.51. The molecule has 72 valence electrons. The fourth-order valence-corrected chi connectivity index (χ4v) is 2.51. The van der Waals surface area contributed by atoms with Gasteiger partial charge in [0.05, 0.1) is 12.2 Å². The Morgan fingerprint density at radius 2 is 1.38 bits per heavy atom. The van der Waals surface area contributed by atoms with Crippen LogP contribution in [-0.4, -0.2) is 18.0 Å². The summed E-state index contributed by atoms with van der Waals surface area (Å²) >= 11 is 0. The Bertz CT molecular complexity index is 264. The summed E-state index contributed by atoms with van der Waals surface area (Å²) in [5.41, 5.74) is 2.55. The van der Waals surface area contributed by atoms with Crippen molar-refractivity contribution in [3.8, 4) is 0 Å². The summed E-state index contributed by atoms with van der Waals surface area (Å²) in [4.78, 5) is 11.8. The Labute approximate surface area is 79.0 Å². The lowest BCUT2D eigenvalue weighted by Gasteiger charge is -2.31. The van der Waals surface area contributed by atoms with Gasteiger partial charge >= 0.3 is 0 Å². The predicted octanol–water partition coefficient (Wildman–Crippen LogP) is 1.95. The summed E-state index contributed by atoms with van der Waals surface area (Å²) in [6.07, 6.45) is 0.127. The van der Waals surface area contributed by atoms with Crippen LogP contribution in [0.3, 0.4) is 0 Å². The molecule has 0 aliphatic carbocycles. The van der Waals surface area contributed by atoms with Gasteiger partial charge in [-0.15, -0.1) is 0 Å². The van der Waals surface area contributed by atoms with Crippen LogP contribution in [0.25, 0.3) is 0 Å². The van der Waals surface area contributed by atoms with Gasteiger partial charge in [0.25, 0.3) is 0 Å². The monoisotopic (exact) mass is 180 g/mol. The van der Waals surface area contributed by atoms with Gasteiger partial charge in [-0.2, -0.15) is 0 Å². The van der Waals surface area contributed by atoms with Crippen LogP contribution in [0, 0.1) is 11.8 Å². The smallest absolute Gasteiger partial charge is 0.144 e. The van der Waals surface area contributed by atoms with Crippen molar-refractivity contribution < 1.29 is 9.53 Å². The van der Waals surface area contributed by atoms with Crippen LogP contribution in [0.2, 0.25) is 0 Å². The summed E-state index contributed by atoms with van der Waals surface area (Å²) in [7, 11) is 0. The lowest BCUT2D eigenvalue weighted by Crippen LogP contribution is -2.42. The number of hydrogen-bond donors (Lipinski definition) is 0. The highest BCUT2D eigenvalue weighted by atomic mass is 16.5. The van der Waals surface area contributed by atoms with E-state index < -0.39 is 0 Å². The van der Waals surface area contributed by atoms with Crippen molar-refractivity contribution in [3.05, 3.63) is 11.1 Å². The zero-order valence-electron chi connectivity index (χ0n) is 8.63. The number of fused-ring (bicyclic) bond motifs is 2. The number of carbonyl (C=O) groups is 1. The topological polar surface area (TPSA) is 26.3 Å². The molecule has 1 fully saturated rings. The van der Waals surface area contributed by atoms with E-state index in [1.165, 1.54) is 11.1 Å². The van der Waals surface area contributed by atoms with E-state index in [9.17, 15) is 4.79 Å². The SMILES string of the molecule is CC1=C(C)C2OC1C(C)C(=O)C2C. The van der Waals surface area contributed by atoms with Crippen LogP contribution >= 0.6 is 0 Å². The molecular formula is C11H16O2. The van der Waals surface area contributed by atoms with Gasteiger partial charge in [-0.25, -0.2) is 0 Å². The first-order valence-electron chi connectivity index (χ1n) is 4.90. The first-order valence-corrected chi connectivity index (χ1v) is 4.90. The van der Waals surface area contributed by atoms with Crippen molar-refractivity contribution >= 4 is 5.78 Å². The summed E-state index contributed by atoms with van der Waals surface area (Å²) in [5.74, 6) is 0.449. The molecule has 2 bridgehead atoms. The second-order valence-electron chi connectivity index (χ2n) is 4.32. The molecule has 4 unspecified atom stereocenters. The van der Waals surface area contributed by atoms with E-state index in [1.54, 1.807) is 0 Å².